The number of likely N-dealkylation sites (tertiary alicyclic amines) is 1. The Hall–Kier alpha value is -7.81. The van der Waals surface area contributed by atoms with E-state index in [1.165, 1.54) is 43.8 Å². The minimum Gasteiger partial charge on any atom is -0.496 e. The van der Waals surface area contributed by atoms with Crippen LogP contribution >= 0.6 is 0 Å². The van der Waals surface area contributed by atoms with Gasteiger partial charge in [0.25, 0.3) is 17.7 Å². The Morgan fingerprint density at radius 2 is 1.67 bits per heavy atom. The van der Waals surface area contributed by atoms with Crippen LogP contribution in [0, 0.1) is 23.5 Å². The van der Waals surface area contributed by atoms with Crippen molar-refractivity contribution in [1.82, 2.24) is 49.9 Å². The van der Waals surface area contributed by atoms with Crippen molar-refractivity contribution >= 4 is 56.8 Å². The van der Waals surface area contributed by atoms with Crippen LogP contribution in [0.25, 0.3) is 11.1 Å². The first-order chi connectivity index (χ1) is 35.1. The van der Waals surface area contributed by atoms with Crippen molar-refractivity contribution in [3.8, 4) is 28.7 Å². The van der Waals surface area contributed by atoms with E-state index in [0.717, 1.165) is 22.9 Å². The molecule has 3 saturated heterocycles. The number of anilines is 2. The van der Waals surface area contributed by atoms with Gasteiger partial charge in [-0.2, -0.15) is 4.36 Å². The van der Waals surface area contributed by atoms with E-state index in [1.807, 2.05) is 4.90 Å². The van der Waals surface area contributed by atoms with Crippen molar-refractivity contribution in [2.24, 2.45) is 4.36 Å². The van der Waals surface area contributed by atoms with E-state index in [-0.39, 0.29) is 71.8 Å². The molecule has 23 heteroatoms. The van der Waals surface area contributed by atoms with Crippen LogP contribution in [0.5, 0.6) is 5.75 Å². The van der Waals surface area contributed by atoms with Crippen LogP contribution in [-0.4, -0.2) is 156 Å². The van der Waals surface area contributed by atoms with Gasteiger partial charge < -0.3 is 15.0 Å². The second-order valence-corrected chi connectivity index (χ2v) is 20.6. The van der Waals surface area contributed by atoms with Gasteiger partial charge in [-0.25, -0.2) is 27.6 Å². The fourth-order valence-electron chi connectivity index (χ4n) is 9.37. The molecule has 4 aliphatic rings. The molecule has 9 rings (SSSR count). The molecular weight excluding hydrogens is 967 g/mol. The van der Waals surface area contributed by atoms with Crippen molar-refractivity contribution in [2.75, 3.05) is 71.0 Å². The number of hydrogen-bond acceptors (Lipinski definition) is 15. The number of carbonyl (C=O) groups is 6. The number of pyridine rings is 2. The van der Waals surface area contributed by atoms with Crippen molar-refractivity contribution in [1.29, 1.82) is 0 Å². The van der Waals surface area contributed by atoms with Gasteiger partial charge in [0.05, 0.1) is 58.7 Å². The van der Waals surface area contributed by atoms with Gasteiger partial charge in [-0.1, -0.05) is 23.1 Å². The van der Waals surface area contributed by atoms with E-state index in [1.54, 1.807) is 40.0 Å². The molecule has 0 aliphatic carbocycles. The Labute approximate surface area is 418 Å². The topological polar surface area (TPSA) is 235 Å². The highest BCUT2D eigenvalue weighted by Crippen LogP contribution is 2.34. The highest BCUT2D eigenvalue weighted by molar-refractivity contribution is 7.92. The lowest BCUT2D eigenvalue weighted by Gasteiger charge is -2.33. The molecule has 2 N–H and O–H groups in total. The smallest absolute Gasteiger partial charge is 0.267 e. The maximum atomic E-state index is 14.8. The summed E-state index contributed by atoms with van der Waals surface area (Å²) in [5.74, 6) is 2.82. The summed E-state index contributed by atoms with van der Waals surface area (Å²) >= 11 is 0. The van der Waals surface area contributed by atoms with Crippen LogP contribution in [0.3, 0.4) is 0 Å². The summed E-state index contributed by atoms with van der Waals surface area (Å²) in [4.78, 5) is 92.3. The third-order valence-electron chi connectivity index (χ3n) is 13.1. The van der Waals surface area contributed by atoms with Crippen molar-refractivity contribution in [3.63, 3.8) is 0 Å². The first-order valence-electron chi connectivity index (χ1n) is 23.5. The number of amides is 6. The zero-order valence-electron chi connectivity index (χ0n) is 39.9. The normalized spacial score (nSPS) is 18.4. The molecule has 4 aliphatic heterocycles. The Kier molecular flexibility index (Phi) is 14.8. The number of carbonyl (C=O) groups excluding carboxylic acids is 6. The number of fused-ring (bicyclic) bond motifs is 1. The van der Waals surface area contributed by atoms with Crippen LogP contribution in [0.2, 0.25) is 0 Å². The SMILES string of the molecule is COc1cc(F)ccc1-c1cc(Nc2cc(CS(C)(=O)=NC(=O)CN3CCC(c4cn(CC(=O)N5CCN(CC#Cc6cccc7c6C(=O)N(C6CCC(=O)NC6=O)C7=O)CC5)nn4)CC3)ccn2)ncc1F. The van der Waals surface area contributed by atoms with E-state index in [2.05, 4.69) is 52.0 Å². The monoisotopic (exact) mass is 1020 g/mol. The fourth-order valence-corrected chi connectivity index (χ4v) is 10.7. The number of benzene rings is 2. The summed E-state index contributed by atoms with van der Waals surface area (Å²) < 4.78 is 53.1. The van der Waals surface area contributed by atoms with E-state index in [9.17, 15) is 41.8 Å². The van der Waals surface area contributed by atoms with Gasteiger partial charge in [0, 0.05) is 79.9 Å². The summed E-state index contributed by atoms with van der Waals surface area (Å²) in [7, 11) is -1.63. The summed E-state index contributed by atoms with van der Waals surface area (Å²) in [6.07, 6.45) is 7.24. The predicted molar refractivity (Wildman–Crippen MR) is 260 cm³/mol. The number of imide groups is 2. The molecule has 0 saturated carbocycles. The number of piperazine rings is 1. The molecule has 73 heavy (non-hydrogen) atoms. The largest absolute Gasteiger partial charge is 0.496 e. The number of methoxy groups -OCH3 is 1. The van der Waals surface area contributed by atoms with Gasteiger partial charge in [0.1, 0.15) is 41.6 Å². The lowest BCUT2D eigenvalue weighted by molar-refractivity contribution is -0.136. The molecule has 3 fully saturated rings. The number of piperidine rings is 2. The number of ether oxygens (including phenoxy) is 1. The molecule has 2 aromatic carbocycles. The van der Waals surface area contributed by atoms with E-state index < -0.39 is 56.9 Å². The molecule has 2 atom stereocenters. The first-order valence-corrected chi connectivity index (χ1v) is 25.6. The van der Waals surface area contributed by atoms with Crippen LogP contribution in [0.1, 0.15) is 69.1 Å². The standard InChI is InChI=1S/C50H50F2N12O8S/c1-72-41-24-34(51)8-9-35(41)37-25-43(54-26-38(37)52)55-42-23-31(12-15-53-42)30-73(2,71)58-45(66)28-61-17-13-32(14-18-61)39-27-63(59-57-39)29-46(67)62-21-19-60(20-22-62)16-4-6-33-5-3-7-36-47(33)50(70)64(49(36)69)40-10-11-44(65)56-48(40)68/h3,5,7-9,12,15,23-27,32,40H,10-11,13-14,16-22,28-30H2,1-2H3,(H,53,54,55)(H,56,65,68). The van der Waals surface area contributed by atoms with Crippen molar-refractivity contribution in [2.45, 2.75) is 49.9 Å². The summed E-state index contributed by atoms with van der Waals surface area (Å²) in [6, 6.07) is 12.3. The molecule has 0 bridgehead atoms. The van der Waals surface area contributed by atoms with Gasteiger partial charge in [0.15, 0.2) is 0 Å². The fraction of sp³-hybridized carbons (Fsp3) is 0.360. The second kappa shape index (κ2) is 21.5. The van der Waals surface area contributed by atoms with Crippen LogP contribution in [0.4, 0.5) is 20.4 Å². The minimum atomic E-state index is -2.99. The molecule has 6 amide bonds. The quantitative estimate of drug-likeness (QED) is 0.127. The number of aromatic nitrogens is 5. The zero-order chi connectivity index (χ0) is 51.4. The number of hydrogen-bond donors (Lipinski definition) is 2. The summed E-state index contributed by atoms with van der Waals surface area (Å²) in [5, 5.41) is 13.8. The Morgan fingerprint density at radius 1 is 0.890 bits per heavy atom. The van der Waals surface area contributed by atoms with E-state index in [4.69, 9.17) is 4.74 Å². The maximum absolute atomic E-state index is 14.8. The van der Waals surface area contributed by atoms with Crippen LogP contribution in [0.15, 0.2) is 77.6 Å². The van der Waals surface area contributed by atoms with Crippen LogP contribution < -0.4 is 15.4 Å². The Bertz CT molecular complexity index is 3220. The van der Waals surface area contributed by atoms with Gasteiger partial charge in [-0.05, 0) is 80.4 Å². The van der Waals surface area contributed by atoms with Gasteiger partial charge >= 0.3 is 0 Å². The molecule has 7 heterocycles. The predicted octanol–water partition coefficient (Wildman–Crippen LogP) is 3.37. The molecular formula is C50H50F2N12O8S. The third-order valence-corrected chi connectivity index (χ3v) is 14.5. The summed E-state index contributed by atoms with van der Waals surface area (Å²) in [6.45, 7) is 3.66. The van der Waals surface area contributed by atoms with Gasteiger partial charge in [0.2, 0.25) is 17.7 Å². The molecule has 20 nitrogen and oxygen atoms in total. The molecule has 3 aromatic heterocycles. The molecule has 5 aromatic rings. The van der Waals surface area contributed by atoms with Crippen LogP contribution in [-0.2, 0) is 41.2 Å². The molecule has 378 valence electrons. The van der Waals surface area contributed by atoms with E-state index in [0.29, 0.717) is 81.2 Å². The zero-order valence-corrected chi connectivity index (χ0v) is 40.7. The minimum absolute atomic E-state index is 0.00412. The molecule has 2 unspecified atom stereocenters. The Morgan fingerprint density at radius 3 is 2.44 bits per heavy atom. The van der Waals surface area contributed by atoms with Crippen molar-refractivity contribution in [3.05, 3.63) is 113 Å². The number of rotatable bonds is 13. The van der Waals surface area contributed by atoms with E-state index >= 15 is 0 Å². The lowest BCUT2D eigenvalue weighted by Crippen LogP contribution is -2.54. The molecule has 0 radical (unpaired) electrons. The average molecular weight is 1020 g/mol. The number of nitrogens with one attached hydrogen (secondary N) is 2. The average Bonchev–Trinajstić information content (AvgIpc) is 3.93. The van der Waals surface area contributed by atoms with Gasteiger partial charge in [-0.15, -0.1) is 5.10 Å². The third kappa shape index (κ3) is 11.6. The maximum Gasteiger partial charge on any atom is 0.267 e. The Balaban J connectivity index is 0.709. The van der Waals surface area contributed by atoms with Gasteiger partial charge in [-0.3, -0.25) is 48.8 Å². The number of nitrogens with zero attached hydrogens (tertiary/aromatic N) is 10. The molecule has 0 spiro atoms. The first kappa shape index (κ1) is 50.1. The lowest BCUT2D eigenvalue weighted by atomic mass is 9.94. The summed E-state index contributed by atoms with van der Waals surface area (Å²) in [5.41, 5.74) is 2.51. The highest BCUT2D eigenvalue weighted by Gasteiger charge is 2.45. The van der Waals surface area contributed by atoms with Crippen molar-refractivity contribution < 1.29 is 46.5 Å². The highest BCUT2D eigenvalue weighted by atomic mass is 32.2. The number of halogens is 2. The second-order valence-electron chi connectivity index (χ2n) is 18.2.